The summed E-state index contributed by atoms with van der Waals surface area (Å²) in [6, 6.07) is 2.06. The van der Waals surface area contributed by atoms with E-state index in [9.17, 15) is 14.4 Å². The predicted octanol–water partition coefficient (Wildman–Crippen LogP) is 0.0170. The smallest absolute Gasteiger partial charge is 0.314 e. The van der Waals surface area contributed by atoms with E-state index in [2.05, 4.69) is 26.3 Å². The normalized spacial score (nSPS) is 17.6. The molecule has 9 heteroatoms. The van der Waals surface area contributed by atoms with Crippen molar-refractivity contribution in [1.29, 1.82) is 0 Å². The Hall–Kier alpha value is -2.68. The molecule has 0 bridgehead atoms. The summed E-state index contributed by atoms with van der Waals surface area (Å²) >= 11 is 0. The summed E-state index contributed by atoms with van der Waals surface area (Å²) in [5.74, 6) is 0.00132. The Kier molecular flexibility index (Phi) is 7.33. The molecule has 0 radical (unpaired) electrons. The van der Waals surface area contributed by atoms with Gasteiger partial charge in [-0.1, -0.05) is 19.9 Å². The Labute approximate surface area is 165 Å². The molecule has 1 aromatic rings. The average Bonchev–Trinajstić information content (AvgIpc) is 3.06. The summed E-state index contributed by atoms with van der Waals surface area (Å²) in [5, 5.41) is 11.0. The highest BCUT2D eigenvalue weighted by atomic mass is 16.2. The molecule has 0 spiro atoms. The van der Waals surface area contributed by atoms with Crippen LogP contribution in [0.1, 0.15) is 26.3 Å². The van der Waals surface area contributed by atoms with Crippen molar-refractivity contribution in [3.8, 4) is 0 Å². The van der Waals surface area contributed by atoms with Crippen molar-refractivity contribution in [2.45, 2.75) is 45.3 Å². The standard InChI is InChI=1S/C19H30N6O3/c1-11(2)15(24-17(26)12(3)20-4)18(27)25-14(10-23-19(28)21-5)9-13-7-6-8-22-16(13)25/h6-8,11-12,14-15,20H,9-10H2,1-5H3,(H,24,26)(H2,21,23,28)/t12?,14-,15-/m0/s1. The van der Waals surface area contributed by atoms with Crippen LogP contribution in [0.4, 0.5) is 10.6 Å². The number of hydrogen-bond acceptors (Lipinski definition) is 5. The summed E-state index contributed by atoms with van der Waals surface area (Å²) in [6.45, 7) is 5.80. The van der Waals surface area contributed by atoms with Crippen LogP contribution in [0.3, 0.4) is 0 Å². The number of hydrogen-bond donors (Lipinski definition) is 4. The van der Waals surface area contributed by atoms with Crippen LogP contribution in [0.25, 0.3) is 0 Å². The van der Waals surface area contributed by atoms with Crippen molar-refractivity contribution in [2.24, 2.45) is 5.92 Å². The molecule has 9 nitrogen and oxygen atoms in total. The lowest BCUT2D eigenvalue weighted by atomic mass is 10.0. The number of likely N-dealkylation sites (N-methyl/N-ethyl adjacent to an activating group) is 1. The third kappa shape index (κ3) is 4.78. The van der Waals surface area contributed by atoms with Crippen molar-refractivity contribution in [1.82, 2.24) is 26.3 Å². The van der Waals surface area contributed by atoms with Gasteiger partial charge in [0.15, 0.2) is 0 Å². The fraction of sp³-hybridized carbons (Fsp3) is 0.579. The van der Waals surface area contributed by atoms with Gasteiger partial charge < -0.3 is 21.3 Å². The van der Waals surface area contributed by atoms with Gasteiger partial charge >= 0.3 is 6.03 Å². The minimum absolute atomic E-state index is 0.110. The fourth-order valence-electron chi connectivity index (χ4n) is 3.14. The van der Waals surface area contributed by atoms with Crippen molar-refractivity contribution in [2.75, 3.05) is 25.5 Å². The Morgan fingerprint density at radius 1 is 1.25 bits per heavy atom. The number of rotatable bonds is 7. The monoisotopic (exact) mass is 390 g/mol. The SMILES string of the molecule is CNC(=O)NC[C@@H]1Cc2cccnc2N1C(=O)[C@@H](NC(=O)C(C)NC)C(C)C. The van der Waals surface area contributed by atoms with Crippen molar-refractivity contribution in [3.63, 3.8) is 0 Å². The van der Waals surface area contributed by atoms with E-state index in [4.69, 9.17) is 0 Å². The van der Waals surface area contributed by atoms with Gasteiger partial charge in [0.25, 0.3) is 5.91 Å². The molecule has 2 rings (SSSR count). The second-order valence-electron chi connectivity index (χ2n) is 7.25. The van der Waals surface area contributed by atoms with Gasteiger partial charge in [-0.25, -0.2) is 9.78 Å². The van der Waals surface area contributed by atoms with E-state index >= 15 is 0 Å². The number of carbonyl (C=O) groups excluding carboxylic acids is 3. The number of anilines is 1. The van der Waals surface area contributed by atoms with Gasteiger partial charge in [-0.05, 0) is 37.9 Å². The number of fused-ring (bicyclic) bond motifs is 1. The maximum Gasteiger partial charge on any atom is 0.314 e. The highest BCUT2D eigenvalue weighted by Crippen LogP contribution is 2.31. The van der Waals surface area contributed by atoms with Gasteiger partial charge in [-0.15, -0.1) is 0 Å². The minimum Gasteiger partial charge on any atom is -0.343 e. The van der Waals surface area contributed by atoms with E-state index < -0.39 is 12.1 Å². The van der Waals surface area contributed by atoms with Gasteiger partial charge in [-0.2, -0.15) is 0 Å². The maximum absolute atomic E-state index is 13.4. The molecular formula is C19H30N6O3. The molecule has 1 aliphatic heterocycles. The topological polar surface area (TPSA) is 115 Å². The van der Waals surface area contributed by atoms with Gasteiger partial charge in [0, 0.05) is 19.8 Å². The third-order valence-corrected chi connectivity index (χ3v) is 4.94. The first-order valence-electron chi connectivity index (χ1n) is 9.50. The molecule has 1 unspecified atom stereocenters. The second kappa shape index (κ2) is 9.50. The van der Waals surface area contributed by atoms with E-state index in [1.807, 2.05) is 26.0 Å². The minimum atomic E-state index is -0.696. The molecule has 0 fully saturated rings. The number of pyridine rings is 1. The fourth-order valence-corrected chi connectivity index (χ4v) is 3.14. The van der Waals surface area contributed by atoms with Crippen LogP contribution in [0.2, 0.25) is 0 Å². The van der Waals surface area contributed by atoms with Gasteiger partial charge in [0.2, 0.25) is 5.91 Å². The highest BCUT2D eigenvalue weighted by molar-refractivity contribution is 6.01. The van der Waals surface area contributed by atoms with Crippen LogP contribution in [0.5, 0.6) is 0 Å². The van der Waals surface area contributed by atoms with Crippen LogP contribution in [0.15, 0.2) is 18.3 Å². The molecule has 154 valence electrons. The zero-order valence-electron chi connectivity index (χ0n) is 17.1. The van der Waals surface area contributed by atoms with Crippen LogP contribution >= 0.6 is 0 Å². The lowest BCUT2D eigenvalue weighted by Crippen LogP contribution is -2.57. The van der Waals surface area contributed by atoms with E-state index in [-0.39, 0.29) is 36.3 Å². The number of amides is 4. The molecule has 2 heterocycles. The molecule has 1 aliphatic rings. The van der Waals surface area contributed by atoms with Crippen LogP contribution < -0.4 is 26.2 Å². The van der Waals surface area contributed by atoms with Crippen molar-refractivity contribution < 1.29 is 14.4 Å². The first-order chi connectivity index (χ1) is 13.3. The highest BCUT2D eigenvalue weighted by Gasteiger charge is 2.39. The lowest BCUT2D eigenvalue weighted by Gasteiger charge is -2.31. The van der Waals surface area contributed by atoms with E-state index in [1.54, 1.807) is 25.1 Å². The molecular weight excluding hydrogens is 360 g/mol. The summed E-state index contributed by atoms with van der Waals surface area (Å²) in [6.07, 6.45) is 2.23. The summed E-state index contributed by atoms with van der Waals surface area (Å²) in [4.78, 5) is 43.4. The molecule has 0 saturated heterocycles. The van der Waals surface area contributed by atoms with E-state index in [0.29, 0.717) is 12.2 Å². The van der Waals surface area contributed by atoms with Gasteiger partial charge in [-0.3, -0.25) is 14.5 Å². The van der Waals surface area contributed by atoms with Crippen molar-refractivity contribution in [3.05, 3.63) is 23.9 Å². The lowest BCUT2D eigenvalue weighted by molar-refractivity contribution is -0.129. The van der Waals surface area contributed by atoms with Crippen LogP contribution in [0, 0.1) is 5.92 Å². The molecule has 0 aliphatic carbocycles. The molecule has 4 N–H and O–H groups in total. The average molecular weight is 390 g/mol. The molecule has 0 aromatic carbocycles. The van der Waals surface area contributed by atoms with Crippen molar-refractivity contribution >= 4 is 23.7 Å². The zero-order chi connectivity index (χ0) is 20.8. The second-order valence-corrected chi connectivity index (χ2v) is 7.25. The van der Waals surface area contributed by atoms with E-state index in [1.165, 1.54) is 7.05 Å². The molecule has 4 amide bonds. The number of urea groups is 1. The molecule has 1 aromatic heterocycles. The quantitative estimate of drug-likeness (QED) is 0.524. The summed E-state index contributed by atoms with van der Waals surface area (Å²) < 4.78 is 0. The number of aromatic nitrogens is 1. The Bertz CT molecular complexity index is 723. The number of nitrogens with one attached hydrogen (secondary N) is 4. The first-order valence-corrected chi connectivity index (χ1v) is 9.50. The van der Waals surface area contributed by atoms with Gasteiger partial charge in [0.1, 0.15) is 11.9 Å². The number of carbonyl (C=O) groups is 3. The summed E-state index contributed by atoms with van der Waals surface area (Å²) in [7, 11) is 3.23. The Morgan fingerprint density at radius 2 is 1.96 bits per heavy atom. The largest absolute Gasteiger partial charge is 0.343 e. The Morgan fingerprint density at radius 3 is 2.57 bits per heavy atom. The molecule has 3 atom stereocenters. The Balaban J connectivity index is 2.27. The summed E-state index contributed by atoms with van der Waals surface area (Å²) in [5.41, 5.74) is 0.942. The first kappa shape index (κ1) is 21.6. The number of nitrogens with zero attached hydrogens (tertiary/aromatic N) is 2. The maximum atomic E-state index is 13.4. The van der Waals surface area contributed by atoms with Gasteiger partial charge in [0.05, 0.1) is 12.1 Å². The van der Waals surface area contributed by atoms with E-state index in [0.717, 1.165) is 5.56 Å². The third-order valence-electron chi connectivity index (χ3n) is 4.94. The molecule has 28 heavy (non-hydrogen) atoms. The zero-order valence-corrected chi connectivity index (χ0v) is 17.1. The predicted molar refractivity (Wildman–Crippen MR) is 107 cm³/mol. The molecule has 0 saturated carbocycles. The van der Waals surface area contributed by atoms with Crippen LogP contribution in [-0.2, 0) is 16.0 Å². The van der Waals surface area contributed by atoms with Crippen LogP contribution in [-0.4, -0.2) is 61.6 Å².